The summed E-state index contributed by atoms with van der Waals surface area (Å²) < 4.78 is 51.5. The summed E-state index contributed by atoms with van der Waals surface area (Å²) in [6.45, 7) is 0.373. The van der Waals surface area contributed by atoms with Crippen LogP contribution < -0.4 is 5.73 Å². The Morgan fingerprint density at radius 2 is 2.06 bits per heavy atom. The number of halogens is 2. The van der Waals surface area contributed by atoms with E-state index in [-0.39, 0.29) is 19.1 Å². The molecule has 0 unspecified atom stereocenters. The quantitative estimate of drug-likeness (QED) is 0.852. The molecule has 1 fully saturated rings. The van der Waals surface area contributed by atoms with Crippen molar-refractivity contribution in [1.82, 2.24) is 4.31 Å². The molecule has 2 N–H and O–H groups in total. The van der Waals surface area contributed by atoms with Crippen LogP contribution in [0.1, 0.15) is 6.42 Å². The first-order valence-corrected chi connectivity index (χ1v) is 6.56. The van der Waals surface area contributed by atoms with Crippen molar-refractivity contribution < 1.29 is 17.2 Å². The van der Waals surface area contributed by atoms with E-state index in [2.05, 4.69) is 0 Å². The Hall–Kier alpha value is -1.05. The topological polar surface area (TPSA) is 63.4 Å². The summed E-state index contributed by atoms with van der Waals surface area (Å²) >= 11 is 0. The molecule has 17 heavy (non-hydrogen) atoms. The molecule has 1 aliphatic heterocycles. The molecule has 7 heteroatoms. The van der Waals surface area contributed by atoms with Crippen LogP contribution in [-0.4, -0.2) is 31.9 Å². The Morgan fingerprint density at radius 1 is 1.35 bits per heavy atom. The fourth-order valence-electron chi connectivity index (χ4n) is 1.79. The normalized spacial score (nSPS) is 21.9. The second-order valence-corrected chi connectivity index (χ2v) is 5.89. The number of sulfonamides is 1. The van der Waals surface area contributed by atoms with Gasteiger partial charge in [0.25, 0.3) is 0 Å². The van der Waals surface area contributed by atoms with E-state index in [0.717, 1.165) is 16.4 Å². The summed E-state index contributed by atoms with van der Waals surface area (Å²) in [5.74, 6) is -1.74. The third kappa shape index (κ3) is 2.31. The van der Waals surface area contributed by atoms with Crippen LogP contribution in [-0.2, 0) is 10.0 Å². The zero-order chi connectivity index (χ0) is 12.6. The third-order valence-corrected chi connectivity index (χ3v) is 4.58. The molecule has 1 saturated heterocycles. The number of nitrogens with two attached hydrogens (primary N) is 1. The van der Waals surface area contributed by atoms with Crippen molar-refractivity contribution in [3.63, 3.8) is 0 Å². The lowest BCUT2D eigenvalue weighted by atomic mass is 10.3. The number of benzene rings is 1. The van der Waals surface area contributed by atoms with Gasteiger partial charge in [0.2, 0.25) is 10.0 Å². The lowest BCUT2D eigenvalue weighted by Gasteiger charge is -2.16. The Balaban J connectivity index is 2.41. The number of rotatable bonds is 2. The molecular formula is C10H12F2N2O2S. The minimum absolute atomic E-state index is 0.137. The molecule has 0 amide bonds. The van der Waals surface area contributed by atoms with Crippen LogP contribution in [0.2, 0.25) is 0 Å². The number of hydrogen-bond donors (Lipinski definition) is 1. The first-order chi connectivity index (χ1) is 7.91. The standard InChI is InChI=1S/C10H12F2N2O2S/c11-7-1-2-9(12)10(5-7)17(15,16)14-4-3-8(13)6-14/h1-2,5,8H,3-4,6,13H2/t8-/m0/s1. The van der Waals surface area contributed by atoms with Crippen LogP contribution in [0.3, 0.4) is 0 Å². The van der Waals surface area contributed by atoms with Crippen molar-refractivity contribution in [3.8, 4) is 0 Å². The summed E-state index contributed by atoms with van der Waals surface area (Å²) in [6, 6.07) is 2.12. The summed E-state index contributed by atoms with van der Waals surface area (Å²) in [4.78, 5) is -0.633. The second kappa shape index (κ2) is 4.32. The Kier molecular flexibility index (Phi) is 3.15. The van der Waals surface area contributed by atoms with Crippen LogP contribution >= 0.6 is 0 Å². The maximum absolute atomic E-state index is 13.4. The number of nitrogens with zero attached hydrogens (tertiary/aromatic N) is 1. The zero-order valence-corrected chi connectivity index (χ0v) is 9.75. The van der Waals surface area contributed by atoms with E-state index in [9.17, 15) is 17.2 Å². The van der Waals surface area contributed by atoms with Gasteiger partial charge in [0.05, 0.1) is 0 Å². The monoisotopic (exact) mass is 262 g/mol. The van der Waals surface area contributed by atoms with Crippen molar-refractivity contribution in [2.24, 2.45) is 5.73 Å². The Bertz CT molecular complexity index is 533. The van der Waals surface area contributed by atoms with Crippen molar-refractivity contribution in [3.05, 3.63) is 29.8 Å². The molecule has 94 valence electrons. The van der Waals surface area contributed by atoms with Crippen LogP contribution in [0, 0.1) is 11.6 Å². The fraction of sp³-hybridized carbons (Fsp3) is 0.400. The van der Waals surface area contributed by atoms with Crippen molar-refractivity contribution in [1.29, 1.82) is 0 Å². The Labute approximate surface area is 98.1 Å². The molecular weight excluding hydrogens is 250 g/mol. The van der Waals surface area contributed by atoms with Crippen LogP contribution in [0.25, 0.3) is 0 Å². The highest BCUT2D eigenvalue weighted by atomic mass is 32.2. The maximum atomic E-state index is 13.4. The van der Waals surface area contributed by atoms with E-state index < -0.39 is 26.6 Å². The van der Waals surface area contributed by atoms with Gasteiger partial charge >= 0.3 is 0 Å². The van der Waals surface area contributed by atoms with Crippen LogP contribution in [0.15, 0.2) is 23.1 Å². The van der Waals surface area contributed by atoms with Gasteiger partial charge in [-0.25, -0.2) is 17.2 Å². The van der Waals surface area contributed by atoms with Crippen LogP contribution in [0.5, 0.6) is 0 Å². The van der Waals surface area contributed by atoms with E-state index in [1.165, 1.54) is 0 Å². The summed E-state index contributed by atoms with van der Waals surface area (Å²) in [5, 5.41) is 0. The highest BCUT2D eigenvalue weighted by Gasteiger charge is 2.32. The zero-order valence-electron chi connectivity index (χ0n) is 8.94. The van der Waals surface area contributed by atoms with Gasteiger partial charge in [0, 0.05) is 19.1 Å². The Morgan fingerprint density at radius 3 is 2.65 bits per heavy atom. The highest BCUT2D eigenvalue weighted by molar-refractivity contribution is 7.89. The minimum Gasteiger partial charge on any atom is -0.326 e. The van der Waals surface area contributed by atoms with Gasteiger partial charge < -0.3 is 5.73 Å². The lowest BCUT2D eigenvalue weighted by molar-refractivity contribution is 0.463. The predicted octanol–water partition coefficient (Wildman–Crippen LogP) is 0.686. The van der Waals surface area contributed by atoms with Gasteiger partial charge in [-0.15, -0.1) is 0 Å². The molecule has 0 aliphatic carbocycles. The first-order valence-electron chi connectivity index (χ1n) is 5.12. The third-order valence-electron chi connectivity index (χ3n) is 2.70. The molecule has 0 aromatic heterocycles. The van der Waals surface area contributed by atoms with E-state index in [0.29, 0.717) is 12.5 Å². The van der Waals surface area contributed by atoms with Gasteiger partial charge in [0.15, 0.2) is 0 Å². The predicted molar refractivity (Wildman–Crippen MR) is 57.7 cm³/mol. The largest absolute Gasteiger partial charge is 0.326 e. The minimum atomic E-state index is -3.99. The van der Waals surface area contributed by atoms with Crippen molar-refractivity contribution in [2.75, 3.05) is 13.1 Å². The molecule has 1 atom stereocenters. The van der Waals surface area contributed by atoms with Crippen molar-refractivity contribution >= 4 is 10.0 Å². The van der Waals surface area contributed by atoms with Crippen LogP contribution in [0.4, 0.5) is 8.78 Å². The van der Waals surface area contributed by atoms with E-state index >= 15 is 0 Å². The van der Waals surface area contributed by atoms with E-state index in [4.69, 9.17) is 5.73 Å². The molecule has 0 radical (unpaired) electrons. The fourth-order valence-corrected chi connectivity index (χ4v) is 3.37. The molecule has 4 nitrogen and oxygen atoms in total. The second-order valence-electron chi connectivity index (χ2n) is 3.99. The van der Waals surface area contributed by atoms with E-state index in [1.807, 2.05) is 0 Å². The van der Waals surface area contributed by atoms with Crippen molar-refractivity contribution in [2.45, 2.75) is 17.4 Å². The SMILES string of the molecule is N[C@H]1CCN(S(=O)(=O)c2cc(F)ccc2F)C1. The number of hydrogen-bond acceptors (Lipinski definition) is 3. The molecule has 1 aromatic carbocycles. The average molecular weight is 262 g/mol. The van der Waals surface area contributed by atoms with Gasteiger partial charge in [-0.2, -0.15) is 4.31 Å². The highest BCUT2D eigenvalue weighted by Crippen LogP contribution is 2.23. The smallest absolute Gasteiger partial charge is 0.246 e. The first kappa shape index (κ1) is 12.4. The summed E-state index contributed by atoms with van der Waals surface area (Å²) in [6.07, 6.45) is 0.524. The molecule has 1 heterocycles. The molecule has 0 saturated carbocycles. The molecule has 0 bridgehead atoms. The molecule has 1 aromatic rings. The maximum Gasteiger partial charge on any atom is 0.246 e. The van der Waals surface area contributed by atoms with Gasteiger partial charge in [-0.1, -0.05) is 0 Å². The van der Waals surface area contributed by atoms with Gasteiger partial charge in [-0.3, -0.25) is 0 Å². The molecule has 0 spiro atoms. The summed E-state index contributed by atoms with van der Waals surface area (Å²) in [5.41, 5.74) is 5.59. The molecule has 1 aliphatic rings. The molecule has 2 rings (SSSR count). The van der Waals surface area contributed by atoms with Gasteiger partial charge in [0.1, 0.15) is 16.5 Å². The van der Waals surface area contributed by atoms with Gasteiger partial charge in [-0.05, 0) is 24.6 Å². The lowest BCUT2D eigenvalue weighted by Crippen LogP contribution is -2.32. The average Bonchev–Trinajstić information content (AvgIpc) is 2.69. The van der Waals surface area contributed by atoms with E-state index in [1.54, 1.807) is 0 Å². The summed E-state index contributed by atoms with van der Waals surface area (Å²) in [7, 11) is -3.99.